The molecule has 0 aliphatic carbocycles. The van der Waals surface area contributed by atoms with Crippen LogP contribution in [0.3, 0.4) is 0 Å². The molecule has 2 heterocycles. The fraction of sp³-hybridized carbons (Fsp3) is 0.0870. The lowest BCUT2D eigenvalue weighted by molar-refractivity contribution is 0.0787. The Balaban J connectivity index is 1.73. The van der Waals surface area contributed by atoms with E-state index in [1.54, 1.807) is 36.5 Å². The zero-order valence-electron chi connectivity index (χ0n) is 15.3. The lowest BCUT2D eigenvalue weighted by Gasteiger charge is -2.19. The van der Waals surface area contributed by atoms with E-state index in [1.165, 1.54) is 12.1 Å². The van der Waals surface area contributed by atoms with Crippen LogP contribution in [-0.2, 0) is 6.54 Å². The molecular formula is C23H18FN3O. The second-order valence-electron chi connectivity index (χ2n) is 6.60. The number of amides is 1. The van der Waals surface area contributed by atoms with Crippen molar-refractivity contribution in [1.82, 2.24) is 14.9 Å². The number of rotatable bonds is 4. The van der Waals surface area contributed by atoms with Crippen molar-refractivity contribution in [3.63, 3.8) is 0 Å². The van der Waals surface area contributed by atoms with Gasteiger partial charge in [-0.15, -0.1) is 0 Å². The third-order valence-electron chi connectivity index (χ3n) is 4.60. The number of carbonyl (C=O) groups is 1. The highest BCUT2D eigenvalue weighted by Crippen LogP contribution is 2.25. The predicted octanol–water partition coefficient (Wildman–Crippen LogP) is 4.71. The van der Waals surface area contributed by atoms with Gasteiger partial charge in [-0.05, 0) is 42.0 Å². The fourth-order valence-corrected chi connectivity index (χ4v) is 3.16. The van der Waals surface area contributed by atoms with Gasteiger partial charge in [0, 0.05) is 36.9 Å². The fourth-order valence-electron chi connectivity index (χ4n) is 3.16. The summed E-state index contributed by atoms with van der Waals surface area (Å²) in [6.45, 7) is 0.389. The maximum atomic E-state index is 13.2. The summed E-state index contributed by atoms with van der Waals surface area (Å²) in [5.41, 5.74) is 3.83. The van der Waals surface area contributed by atoms with Crippen LogP contribution < -0.4 is 0 Å². The van der Waals surface area contributed by atoms with Crippen LogP contribution >= 0.6 is 0 Å². The number of carbonyl (C=O) groups excluding carboxylic acids is 1. The van der Waals surface area contributed by atoms with Gasteiger partial charge in [-0.1, -0.05) is 30.3 Å². The number of hydrogen-bond acceptors (Lipinski definition) is 3. The van der Waals surface area contributed by atoms with Crippen LogP contribution in [0.4, 0.5) is 4.39 Å². The Morgan fingerprint density at radius 1 is 1.00 bits per heavy atom. The van der Waals surface area contributed by atoms with Crippen molar-refractivity contribution in [1.29, 1.82) is 0 Å². The Hall–Kier alpha value is -3.60. The number of aromatic nitrogens is 2. The Morgan fingerprint density at radius 3 is 2.46 bits per heavy atom. The molecule has 0 unspecified atom stereocenters. The second-order valence-corrected chi connectivity index (χ2v) is 6.60. The largest absolute Gasteiger partial charge is 0.337 e. The van der Waals surface area contributed by atoms with E-state index in [2.05, 4.69) is 4.98 Å². The van der Waals surface area contributed by atoms with Crippen molar-refractivity contribution in [3.05, 3.63) is 96.1 Å². The number of pyridine rings is 2. The average Bonchev–Trinajstić information content (AvgIpc) is 2.74. The zero-order chi connectivity index (χ0) is 19.5. The van der Waals surface area contributed by atoms with Crippen LogP contribution in [0.15, 0.2) is 79.1 Å². The van der Waals surface area contributed by atoms with Crippen LogP contribution in [0.5, 0.6) is 0 Å². The van der Waals surface area contributed by atoms with Crippen LogP contribution in [0.2, 0.25) is 0 Å². The van der Waals surface area contributed by atoms with Crippen molar-refractivity contribution in [3.8, 4) is 11.3 Å². The van der Waals surface area contributed by atoms with E-state index >= 15 is 0 Å². The average molecular weight is 371 g/mol. The molecule has 0 aliphatic heterocycles. The minimum absolute atomic E-state index is 0.113. The first-order chi connectivity index (χ1) is 13.6. The molecule has 0 aliphatic rings. The van der Waals surface area contributed by atoms with Crippen LogP contribution in [0.1, 0.15) is 15.9 Å². The van der Waals surface area contributed by atoms with Crippen molar-refractivity contribution >= 4 is 16.8 Å². The molecule has 0 spiro atoms. The minimum atomic E-state index is -0.292. The quantitative estimate of drug-likeness (QED) is 0.522. The Morgan fingerprint density at radius 2 is 1.71 bits per heavy atom. The van der Waals surface area contributed by atoms with Gasteiger partial charge in [-0.2, -0.15) is 0 Å². The molecule has 4 nitrogen and oxygen atoms in total. The molecule has 2 aromatic heterocycles. The van der Waals surface area contributed by atoms with Gasteiger partial charge in [0.25, 0.3) is 5.91 Å². The first kappa shape index (κ1) is 17.8. The van der Waals surface area contributed by atoms with Gasteiger partial charge in [0.15, 0.2) is 0 Å². The third kappa shape index (κ3) is 3.60. The van der Waals surface area contributed by atoms with Gasteiger partial charge in [-0.3, -0.25) is 9.78 Å². The van der Waals surface area contributed by atoms with Crippen LogP contribution in [0, 0.1) is 5.82 Å². The number of halogens is 1. The summed E-state index contributed by atoms with van der Waals surface area (Å²) in [5.74, 6) is -0.405. The number of fused-ring (bicyclic) bond motifs is 1. The summed E-state index contributed by atoms with van der Waals surface area (Å²) in [4.78, 5) is 23.6. The topological polar surface area (TPSA) is 46.1 Å². The molecule has 28 heavy (non-hydrogen) atoms. The third-order valence-corrected chi connectivity index (χ3v) is 4.60. The highest BCUT2D eigenvalue weighted by Gasteiger charge is 2.17. The lowest BCUT2D eigenvalue weighted by atomic mass is 10.0. The molecular weight excluding hydrogens is 353 g/mol. The van der Waals surface area contributed by atoms with Crippen molar-refractivity contribution in [2.24, 2.45) is 0 Å². The lowest BCUT2D eigenvalue weighted by Crippen LogP contribution is -2.26. The molecule has 0 saturated carbocycles. The van der Waals surface area contributed by atoms with E-state index in [-0.39, 0.29) is 11.7 Å². The standard InChI is InChI=1S/C23H18FN3O/c1-27(15-16-6-8-18(24)9-7-16)23(28)20-14-22(17-10-12-25-13-11-17)26-21-5-3-2-4-19(20)21/h2-14H,15H2,1H3. The molecule has 0 atom stereocenters. The SMILES string of the molecule is CN(Cc1ccc(F)cc1)C(=O)c1cc(-c2ccncc2)nc2ccccc12. The molecule has 5 heteroatoms. The number of benzene rings is 2. The molecule has 0 bridgehead atoms. The van der Waals surface area contributed by atoms with Gasteiger partial charge >= 0.3 is 0 Å². The predicted molar refractivity (Wildman–Crippen MR) is 107 cm³/mol. The number of para-hydroxylation sites is 1. The first-order valence-corrected chi connectivity index (χ1v) is 8.92. The highest BCUT2D eigenvalue weighted by molar-refractivity contribution is 6.07. The first-order valence-electron chi connectivity index (χ1n) is 8.92. The van der Waals surface area contributed by atoms with E-state index < -0.39 is 0 Å². The smallest absolute Gasteiger partial charge is 0.254 e. The molecule has 2 aromatic carbocycles. The van der Waals surface area contributed by atoms with Gasteiger partial charge in [0.05, 0.1) is 16.8 Å². The van der Waals surface area contributed by atoms with Gasteiger partial charge in [0.2, 0.25) is 0 Å². The van der Waals surface area contributed by atoms with E-state index in [0.717, 1.165) is 27.7 Å². The zero-order valence-corrected chi connectivity index (χ0v) is 15.3. The second kappa shape index (κ2) is 7.56. The van der Waals surface area contributed by atoms with E-state index in [0.29, 0.717) is 12.1 Å². The highest BCUT2D eigenvalue weighted by atomic mass is 19.1. The summed E-state index contributed by atoms with van der Waals surface area (Å²) in [5, 5.41) is 0.802. The van der Waals surface area contributed by atoms with Gasteiger partial charge < -0.3 is 4.90 Å². The van der Waals surface area contributed by atoms with Gasteiger partial charge in [-0.25, -0.2) is 9.37 Å². The van der Waals surface area contributed by atoms with Crippen LogP contribution in [0.25, 0.3) is 22.2 Å². The monoisotopic (exact) mass is 371 g/mol. The molecule has 0 radical (unpaired) electrons. The summed E-state index contributed by atoms with van der Waals surface area (Å²) in [6.07, 6.45) is 3.41. The molecule has 0 saturated heterocycles. The van der Waals surface area contributed by atoms with E-state index in [1.807, 2.05) is 42.5 Å². The van der Waals surface area contributed by atoms with E-state index in [9.17, 15) is 9.18 Å². The number of hydrogen-bond donors (Lipinski definition) is 0. The molecule has 0 N–H and O–H groups in total. The normalized spacial score (nSPS) is 10.8. The molecule has 1 amide bonds. The maximum Gasteiger partial charge on any atom is 0.254 e. The summed E-state index contributed by atoms with van der Waals surface area (Å²) < 4.78 is 13.1. The van der Waals surface area contributed by atoms with E-state index in [4.69, 9.17) is 4.98 Å². The Bertz CT molecular complexity index is 1130. The summed E-state index contributed by atoms with van der Waals surface area (Å²) >= 11 is 0. The number of nitrogens with zero attached hydrogens (tertiary/aromatic N) is 3. The molecule has 0 fully saturated rings. The molecule has 4 aromatic rings. The minimum Gasteiger partial charge on any atom is -0.337 e. The molecule has 4 rings (SSSR count). The van der Waals surface area contributed by atoms with Crippen molar-refractivity contribution in [2.75, 3.05) is 7.05 Å². The summed E-state index contributed by atoms with van der Waals surface area (Å²) in [6, 6.07) is 19.3. The Kier molecular flexibility index (Phi) is 4.81. The van der Waals surface area contributed by atoms with Crippen molar-refractivity contribution < 1.29 is 9.18 Å². The Labute approximate surface area is 162 Å². The van der Waals surface area contributed by atoms with Gasteiger partial charge in [0.1, 0.15) is 5.82 Å². The van der Waals surface area contributed by atoms with Crippen LogP contribution in [-0.4, -0.2) is 27.8 Å². The summed E-state index contributed by atoms with van der Waals surface area (Å²) in [7, 11) is 1.74. The maximum absolute atomic E-state index is 13.2. The molecule has 138 valence electrons. The van der Waals surface area contributed by atoms with Crippen molar-refractivity contribution in [2.45, 2.75) is 6.54 Å².